The monoisotopic (exact) mass is 621 g/mol. The highest BCUT2D eigenvalue weighted by Crippen LogP contribution is 2.41. The van der Waals surface area contributed by atoms with Crippen molar-refractivity contribution >= 4 is 87.6 Å². The summed E-state index contributed by atoms with van der Waals surface area (Å²) >= 11 is 17.3. The molecule has 2 aromatic carbocycles. The Balaban J connectivity index is 2.04. The minimum Gasteiger partial charge on any atom is -0.494 e. The van der Waals surface area contributed by atoms with Crippen molar-refractivity contribution in [3.8, 4) is 16.9 Å². The zero-order valence-corrected chi connectivity index (χ0v) is 20.9. The van der Waals surface area contributed by atoms with Crippen molar-refractivity contribution in [3.63, 3.8) is 0 Å². The smallest absolute Gasteiger partial charge is 0.339 e. The molecule has 2 N–H and O–H groups in total. The molecule has 3 rings (SSSR count). The van der Waals surface area contributed by atoms with Crippen LogP contribution >= 0.6 is 70.7 Å². The van der Waals surface area contributed by atoms with E-state index >= 15 is 0 Å². The maximum absolute atomic E-state index is 13.0. The molecule has 1 aromatic heterocycles. The number of aromatic carboxylic acids is 1. The van der Waals surface area contributed by atoms with E-state index in [0.29, 0.717) is 35.3 Å². The van der Waals surface area contributed by atoms with E-state index < -0.39 is 11.9 Å². The zero-order chi connectivity index (χ0) is 21.3. The van der Waals surface area contributed by atoms with Crippen molar-refractivity contribution in [1.29, 1.82) is 0 Å². The first-order valence-corrected chi connectivity index (χ1v) is 11.5. The summed E-state index contributed by atoms with van der Waals surface area (Å²) < 4.78 is 6.91. The van der Waals surface area contributed by atoms with Crippen LogP contribution in [0.15, 0.2) is 49.1 Å². The number of carbonyl (C=O) groups is 2. The number of carboxylic acid groups (broad SMARTS) is 1. The summed E-state index contributed by atoms with van der Waals surface area (Å²) in [5, 5.41) is 14.8. The van der Waals surface area contributed by atoms with E-state index in [2.05, 4.69) is 53.1 Å². The van der Waals surface area contributed by atoms with Crippen LogP contribution < -0.4 is 10.1 Å². The van der Waals surface area contributed by atoms with Gasteiger partial charge in [-0.25, -0.2) is 4.79 Å². The molecule has 0 aliphatic carbocycles. The molecule has 5 nitrogen and oxygen atoms in total. The first kappa shape index (κ1) is 22.3. The molecule has 0 aliphatic heterocycles. The highest BCUT2D eigenvalue weighted by atomic mass is 79.9. The van der Waals surface area contributed by atoms with Gasteiger partial charge in [0.25, 0.3) is 5.91 Å². The molecule has 0 spiro atoms. The van der Waals surface area contributed by atoms with Gasteiger partial charge in [0.05, 0.1) is 21.6 Å². The quantitative estimate of drug-likeness (QED) is 0.312. The zero-order valence-electron chi connectivity index (χ0n) is 14.6. The van der Waals surface area contributed by atoms with Gasteiger partial charge in [0.2, 0.25) is 0 Å². The molecule has 0 atom stereocenters. The molecule has 1 amide bonds. The second-order valence-corrected chi connectivity index (χ2v) is 9.50. The lowest BCUT2D eigenvalue weighted by atomic mass is 10.0. The summed E-state index contributed by atoms with van der Waals surface area (Å²) in [5.41, 5.74) is 1.41. The lowest BCUT2D eigenvalue weighted by molar-refractivity contribution is 0.0699. The molecule has 0 aliphatic rings. The molecular formula is C19H11Br3ClNO4S. The average Bonchev–Trinajstić information content (AvgIpc) is 3.05. The third kappa shape index (κ3) is 4.54. The summed E-state index contributed by atoms with van der Waals surface area (Å²) in [7, 11) is 1.49. The summed E-state index contributed by atoms with van der Waals surface area (Å²) in [5.74, 6) is -1.19. The van der Waals surface area contributed by atoms with Crippen LogP contribution in [0.25, 0.3) is 11.1 Å². The molecule has 0 saturated heterocycles. The fourth-order valence-electron chi connectivity index (χ4n) is 2.66. The van der Waals surface area contributed by atoms with Crippen LogP contribution in [-0.4, -0.2) is 24.1 Å². The number of ether oxygens (including phenoxy) is 1. The van der Waals surface area contributed by atoms with E-state index in [1.807, 2.05) is 0 Å². The number of amides is 1. The molecule has 29 heavy (non-hydrogen) atoms. The maximum Gasteiger partial charge on any atom is 0.339 e. The Bertz CT molecular complexity index is 1130. The second-order valence-electron chi connectivity index (χ2n) is 5.69. The van der Waals surface area contributed by atoms with Gasteiger partial charge in [0.1, 0.15) is 16.3 Å². The predicted molar refractivity (Wildman–Crippen MR) is 126 cm³/mol. The van der Waals surface area contributed by atoms with Gasteiger partial charge in [-0.05, 0) is 71.6 Å². The maximum atomic E-state index is 13.0. The number of benzene rings is 2. The Morgan fingerprint density at radius 3 is 2.48 bits per heavy atom. The first-order valence-electron chi connectivity index (χ1n) is 7.88. The van der Waals surface area contributed by atoms with Crippen molar-refractivity contribution in [2.45, 2.75) is 0 Å². The highest BCUT2D eigenvalue weighted by molar-refractivity contribution is 9.11. The number of hydrogen-bond acceptors (Lipinski definition) is 4. The Morgan fingerprint density at radius 2 is 1.86 bits per heavy atom. The molecule has 0 unspecified atom stereocenters. The molecule has 0 saturated carbocycles. The second kappa shape index (κ2) is 9.18. The number of rotatable bonds is 5. The van der Waals surface area contributed by atoms with Gasteiger partial charge in [-0.2, -0.15) is 0 Å². The van der Waals surface area contributed by atoms with E-state index in [-0.39, 0.29) is 16.1 Å². The summed E-state index contributed by atoms with van der Waals surface area (Å²) in [4.78, 5) is 24.9. The van der Waals surface area contributed by atoms with E-state index in [9.17, 15) is 14.7 Å². The van der Waals surface area contributed by atoms with Crippen LogP contribution in [0.1, 0.15) is 20.7 Å². The largest absolute Gasteiger partial charge is 0.494 e. The Labute approximate surface area is 200 Å². The van der Waals surface area contributed by atoms with Gasteiger partial charge in [0, 0.05) is 20.4 Å². The van der Waals surface area contributed by atoms with Gasteiger partial charge in [-0.1, -0.05) is 23.7 Å². The van der Waals surface area contributed by atoms with Crippen LogP contribution in [-0.2, 0) is 0 Å². The van der Waals surface area contributed by atoms with Crippen LogP contribution in [0.4, 0.5) is 5.00 Å². The van der Waals surface area contributed by atoms with Crippen molar-refractivity contribution in [1.82, 2.24) is 0 Å². The van der Waals surface area contributed by atoms with Gasteiger partial charge >= 0.3 is 5.97 Å². The average molecular weight is 625 g/mol. The molecule has 1 heterocycles. The third-order valence-corrected chi connectivity index (χ3v) is 7.03. The van der Waals surface area contributed by atoms with Gasteiger partial charge in [-0.15, -0.1) is 11.3 Å². The molecular weight excluding hydrogens is 613 g/mol. The van der Waals surface area contributed by atoms with E-state index in [4.69, 9.17) is 16.3 Å². The van der Waals surface area contributed by atoms with Crippen LogP contribution in [0.3, 0.4) is 0 Å². The van der Waals surface area contributed by atoms with Crippen molar-refractivity contribution in [3.05, 3.63) is 65.3 Å². The number of carboxylic acids is 1. The van der Waals surface area contributed by atoms with E-state index in [0.717, 1.165) is 11.3 Å². The number of nitrogens with one attached hydrogen (secondary N) is 1. The van der Waals surface area contributed by atoms with E-state index in [1.54, 1.807) is 35.7 Å². The normalized spacial score (nSPS) is 10.7. The summed E-state index contributed by atoms with van der Waals surface area (Å²) in [6.07, 6.45) is 0. The first-order chi connectivity index (χ1) is 13.7. The van der Waals surface area contributed by atoms with Crippen LogP contribution in [0.2, 0.25) is 5.02 Å². The Morgan fingerprint density at radius 1 is 1.14 bits per heavy atom. The summed E-state index contributed by atoms with van der Waals surface area (Å²) in [6.45, 7) is 0. The highest BCUT2D eigenvalue weighted by Gasteiger charge is 2.25. The molecule has 0 radical (unpaired) electrons. The number of hydrogen-bond donors (Lipinski definition) is 2. The minimum atomic E-state index is -1.15. The fraction of sp³-hybridized carbons (Fsp3) is 0.0526. The number of methoxy groups -OCH3 is 1. The lowest BCUT2D eigenvalue weighted by Crippen LogP contribution is -2.15. The van der Waals surface area contributed by atoms with Gasteiger partial charge in [0.15, 0.2) is 0 Å². The number of thiophene rings is 1. The number of halogens is 4. The number of carbonyl (C=O) groups excluding carboxylic acids is 1. The van der Waals surface area contributed by atoms with Crippen LogP contribution in [0, 0.1) is 0 Å². The fourth-order valence-corrected chi connectivity index (χ4v) is 6.62. The minimum absolute atomic E-state index is 0.00179. The molecule has 3 aromatic rings. The molecule has 10 heteroatoms. The number of anilines is 1. The molecule has 0 bridgehead atoms. The topological polar surface area (TPSA) is 75.6 Å². The van der Waals surface area contributed by atoms with Gasteiger partial charge in [-0.3, -0.25) is 4.79 Å². The Hall–Kier alpha value is -1.39. The lowest BCUT2D eigenvalue weighted by Gasteiger charge is -2.13. The summed E-state index contributed by atoms with van der Waals surface area (Å²) in [6, 6.07) is 8.56. The predicted octanol–water partition coefficient (Wildman–Crippen LogP) is 7.32. The van der Waals surface area contributed by atoms with Crippen molar-refractivity contribution in [2.24, 2.45) is 0 Å². The molecule has 150 valence electrons. The third-order valence-electron chi connectivity index (χ3n) is 3.93. The van der Waals surface area contributed by atoms with Crippen molar-refractivity contribution < 1.29 is 19.4 Å². The van der Waals surface area contributed by atoms with E-state index in [1.165, 1.54) is 7.11 Å². The molecule has 0 fully saturated rings. The standard InChI is InChI=1S/C19H11Br3ClNO4S/c1-28-16-12(21)6-11(20)14(15(16)22)17(25)24-18-13(19(26)27)10(7-29-18)8-3-2-4-9(23)5-8/h2-7H,1H3,(H,24,25)(H,26,27). The van der Waals surface area contributed by atoms with Crippen molar-refractivity contribution in [2.75, 3.05) is 12.4 Å². The Kier molecular flexibility index (Phi) is 7.06. The van der Waals surface area contributed by atoms with Crippen LogP contribution in [0.5, 0.6) is 5.75 Å². The SMILES string of the molecule is COc1c(Br)cc(Br)c(C(=O)Nc2scc(-c3cccc(Cl)c3)c2C(=O)O)c1Br. The van der Waals surface area contributed by atoms with Gasteiger partial charge < -0.3 is 15.2 Å².